The third-order valence-corrected chi connectivity index (χ3v) is 4.31. The Bertz CT molecular complexity index is 568. The first-order valence-electron chi connectivity index (χ1n) is 5.93. The number of rotatable bonds is 1. The molecule has 1 amide bonds. The molecule has 0 aliphatic carbocycles. The van der Waals surface area contributed by atoms with Crippen LogP contribution in [0.15, 0.2) is 59.5 Å². The molecule has 0 spiro atoms. The van der Waals surface area contributed by atoms with Crippen LogP contribution in [0.4, 0.5) is 5.69 Å². The van der Waals surface area contributed by atoms with Gasteiger partial charge in [0.05, 0.1) is 5.69 Å². The Morgan fingerprint density at radius 3 is 2.56 bits per heavy atom. The number of anilines is 1. The third-order valence-electron chi connectivity index (χ3n) is 2.97. The van der Waals surface area contributed by atoms with Gasteiger partial charge in [0.2, 0.25) is 5.91 Å². The summed E-state index contributed by atoms with van der Waals surface area (Å²) in [5.41, 5.74) is 2.13. The van der Waals surface area contributed by atoms with E-state index in [-0.39, 0.29) is 11.2 Å². The Labute approximate surface area is 110 Å². The van der Waals surface area contributed by atoms with Crippen LogP contribution in [0.2, 0.25) is 0 Å². The van der Waals surface area contributed by atoms with E-state index in [4.69, 9.17) is 0 Å². The molecule has 3 rings (SSSR count). The molecule has 2 aromatic carbocycles. The maximum absolute atomic E-state index is 11.9. The number of amides is 1. The van der Waals surface area contributed by atoms with Crippen molar-refractivity contribution in [2.24, 2.45) is 0 Å². The van der Waals surface area contributed by atoms with Crippen LogP contribution in [-0.2, 0) is 4.79 Å². The van der Waals surface area contributed by atoms with Crippen LogP contribution < -0.4 is 5.32 Å². The molecule has 90 valence electrons. The highest BCUT2D eigenvalue weighted by molar-refractivity contribution is 7.99. The first kappa shape index (κ1) is 11.4. The number of fused-ring (bicyclic) bond motifs is 1. The number of hydrogen-bond acceptors (Lipinski definition) is 2. The van der Waals surface area contributed by atoms with Crippen molar-refractivity contribution in [3.8, 4) is 0 Å². The summed E-state index contributed by atoms with van der Waals surface area (Å²) in [5, 5.41) is 3.15. The molecular weight excluding hydrogens is 242 g/mol. The first-order chi connectivity index (χ1) is 8.83. The van der Waals surface area contributed by atoms with Gasteiger partial charge >= 0.3 is 0 Å². The molecule has 0 saturated carbocycles. The number of carbonyl (C=O) groups is 1. The number of carbonyl (C=O) groups excluding carboxylic acids is 1. The minimum Gasteiger partial charge on any atom is -0.325 e. The minimum absolute atomic E-state index is 0.0845. The molecule has 18 heavy (non-hydrogen) atoms. The zero-order valence-electron chi connectivity index (χ0n) is 9.80. The van der Waals surface area contributed by atoms with Crippen LogP contribution in [0.5, 0.6) is 0 Å². The van der Waals surface area contributed by atoms with E-state index in [1.807, 2.05) is 36.4 Å². The molecule has 0 saturated heterocycles. The summed E-state index contributed by atoms with van der Waals surface area (Å²) in [6.07, 6.45) is 0.517. The maximum Gasteiger partial charge on any atom is 0.225 e. The van der Waals surface area contributed by atoms with Crippen LogP contribution in [0.1, 0.15) is 17.2 Å². The molecule has 0 radical (unpaired) electrons. The third kappa shape index (κ3) is 2.27. The number of benzene rings is 2. The predicted molar refractivity (Wildman–Crippen MR) is 74.7 cm³/mol. The molecule has 0 unspecified atom stereocenters. The SMILES string of the molecule is O=C1C[C@@H](c2ccccc2)Sc2ccccc2N1. The fourth-order valence-electron chi connectivity index (χ4n) is 2.09. The van der Waals surface area contributed by atoms with Gasteiger partial charge in [0.25, 0.3) is 0 Å². The number of para-hydroxylation sites is 1. The second-order valence-corrected chi connectivity index (χ2v) is 5.51. The Morgan fingerprint density at radius 2 is 1.72 bits per heavy atom. The molecule has 0 aromatic heterocycles. The summed E-state index contributed by atoms with van der Waals surface area (Å²) in [7, 11) is 0. The average molecular weight is 255 g/mol. The predicted octanol–water partition coefficient (Wildman–Crippen LogP) is 3.86. The first-order valence-corrected chi connectivity index (χ1v) is 6.81. The van der Waals surface area contributed by atoms with Crippen LogP contribution in [0.3, 0.4) is 0 Å². The van der Waals surface area contributed by atoms with Crippen molar-refractivity contribution in [2.45, 2.75) is 16.6 Å². The van der Waals surface area contributed by atoms with Crippen LogP contribution in [0.25, 0.3) is 0 Å². The molecule has 1 aliphatic heterocycles. The van der Waals surface area contributed by atoms with E-state index in [1.165, 1.54) is 5.56 Å². The van der Waals surface area contributed by atoms with Gasteiger partial charge in [0.15, 0.2) is 0 Å². The molecule has 1 atom stereocenters. The van der Waals surface area contributed by atoms with Gasteiger partial charge in [-0.3, -0.25) is 4.79 Å². The fourth-order valence-corrected chi connectivity index (χ4v) is 3.33. The van der Waals surface area contributed by atoms with E-state index in [9.17, 15) is 4.79 Å². The Balaban J connectivity index is 1.97. The lowest BCUT2D eigenvalue weighted by molar-refractivity contribution is -0.116. The Hall–Kier alpha value is -1.74. The lowest BCUT2D eigenvalue weighted by Gasteiger charge is -2.13. The number of nitrogens with one attached hydrogen (secondary N) is 1. The van der Waals surface area contributed by atoms with Gasteiger partial charge in [0, 0.05) is 16.6 Å². The smallest absolute Gasteiger partial charge is 0.225 e. The van der Waals surface area contributed by atoms with E-state index in [0.717, 1.165) is 10.6 Å². The van der Waals surface area contributed by atoms with Gasteiger partial charge in [0.1, 0.15) is 0 Å². The summed E-state index contributed by atoms with van der Waals surface area (Å²) in [6, 6.07) is 18.2. The fraction of sp³-hybridized carbons (Fsp3) is 0.133. The molecule has 1 heterocycles. The summed E-state index contributed by atoms with van der Waals surface area (Å²) < 4.78 is 0. The van der Waals surface area contributed by atoms with Gasteiger partial charge in [-0.1, -0.05) is 42.5 Å². The monoisotopic (exact) mass is 255 g/mol. The lowest BCUT2D eigenvalue weighted by atomic mass is 10.1. The van der Waals surface area contributed by atoms with E-state index in [2.05, 4.69) is 23.5 Å². The Morgan fingerprint density at radius 1 is 1.00 bits per heavy atom. The van der Waals surface area contributed by atoms with Crippen molar-refractivity contribution in [1.29, 1.82) is 0 Å². The van der Waals surface area contributed by atoms with Crippen molar-refractivity contribution < 1.29 is 4.79 Å². The van der Waals surface area contributed by atoms with Crippen LogP contribution in [0, 0.1) is 0 Å². The topological polar surface area (TPSA) is 29.1 Å². The molecule has 0 bridgehead atoms. The van der Waals surface area contributed by atoms with Crippen LogP contribution in [-0.4, -0.2) is 5.91 Å². The van der Waals surface area contributed by atoms with Gasteiger partial charge in [-0.25, -0.2) is 0 Å². The molecule has 1 N–H and O–H groups in total. The quantitative estimate of drug-likeness (QED) is 0.838. The summed E-state index contributed by atoms with van der Waals surface area (Å²) >= 11 is 1.75. The van der Waals surface area contributed by atoms with Crippen molar-refractivity contribution >= 4 is 23.4 Å². The van der Waals surface area contributed by atoms with E-state index >= 15 is 0 Å². The average Bonchev–Trinajstić information content (AvgIpc) is 2.57. The standard InChI is InChI=1S/C15H13NOS/c17-15-10-14(11-6-2-1-3-7-11)18-13-9-5-4-8-12(13)16-15/h1-9,14H,10H2,(H,16,17)/t14-/m0/s1. The number of hydrogen-bond donors (Lipinski definition) is 1. The highest BCUT2D eigenvalue weighted by atomic mass is 32.2. The highest BCUT2D eigenvalue weighted by Crippen LogP contribution is 2.43. The molecular formula is C15H13NOS. The van der Waals surface area contributed by atoms with Crippen molar-refractivity contribution in [3.63, 3.8) is 0 Å². The second kappa shape index (κ2) is 4.86. The van der Waals surface area contributed by atoms with Crippen molar-refractivity contribution in [2.75, 3.05) is 5.32 Å². The maximum atomic E-state index is 11.9. The van der Waals surface area contributed by atoms with E-state index in [0.29, 0.717) is 6.42 Å². The second-order valence-electron chi connectivity index (χ2n) is 4.27. The summed E-state index contributed by atoms with van der Waals surface area (Å²) in [6.45, 7) is 0. The van der Waals surface area contributed by atoms with Crippen molar-refractivity contribution in [3.05, 3.63) is 60.2 Å². The summed E-state index contributed by atoms with van der Waals surface area (Å²) in [4.78, 5) is 13.0. The van der Waals surface area contributed by atoms with Gasteiger partial charge in [-0.05, 0) is 17.7 Å². The zero-order chi connectivity index (χ0) is 12.4. The van der Waals surface area contributed by atoms with Gasteiger partial charge < -0.3 is 5.32 Å². The normalized spacial score (nSPS) is 18.7. The Kier molecular flexibility index (Phi) is 3.07. The van der Waals surface area contributed by atoms with E-state index < -0.39 is 0 Å². The molecule has 3 heteroatoms. The number of thioether (sulfide) groups is 1. The molecule has 2 aromatic rings. The largest absolute Gasteiger partial charge is 0.325 e. The highest BCUT2D eigenvalue weighted by Gasteiger charge is 2.22. The van der Waals surface area contributed by atoms with E-state index in [1.54, 1.807) is 11.8 Å². The van der Waals surface area contributed by atoms with Crippen LogP contribution >= 0.6 is 11.8 Å². The minimum atomic E-state index is 0.0845. The summed E-state index contributed by atoms with van der Waals surface area (Å²) in [5.74, 6) is 0.0845. The van der Waals surface area contributed by atoms with Gasteiger partial charge in [-0.15, -0.1) is 11.8 Å². The van der Waals surface area contributed by atoms with Gasteiger partial charge in [-0.2, -0.15) is 0 Å². The molecule has 2 nitrogen and oxygen atoms in total. The molecule has 0 fully saturated rings. The lowest BCUT2D eigenvalue weighted by Crippen LogP contribution is -2.11. The zero-order valence-corrected chi connectivity index (χ0v) is 10.6. The molecule has 1 aliphatic rings. The van der Waals surface area contributed by atoms with Crippen molar-refractivity contribution in [1.82, 2.24) is 0 Å².